The lowest BCUT2D eigenvalue weighted by atomic mass is 10.0. The van der Waals surface area contributed by atoms with Crippen LogP contribution in [0.5, 0.6) is 0 Å². The Balaban J connectivity index is 1.80. The molecule has 0 aliphatic carbocycles. The molecule has 1 heterocycles. The van der Waals surface area contributed by atoms with E-state index >= 15 is 0 Å². The van der Waals surface area contributed by atoms with Crippen molar-refractivity contribution in [2.45, 2.75) is 45.1 Å². The summed E-state index contributed by atoms with van der Waals surface area (Å²) >= 11 is 0. The Morgan fingerprint density at radius 1 is 1.19 bits per heavy atom. The number of hydrogen-bond acceptors (Lipinski definition) is 2. The van der Waals surface area contributed by atoms with Crippen LogP contribution in [0.2, 0.25) is 0 Å². The summed E-state index contributed by atoms with van der Waals surface area (Å²) in [5.74, 6) is 0.282. The van der Waals surface area contributed by atoms with E-state index in [1.54, 1.807) is 0 Å². The van der Waals surface area contributed by atoms with Gasteiger partial charge in [-0.3, -0.25) is 4.79 Å². The number of benzene rings is 1. The van der Waals surface area contributed by atoms with Crippen LogP contribution in [-0.4, -0.2) is 48.9 Å². The first kappa shape index (κ1) is 16.0. The van der Waals surface area contributed by atoms with Crippen LogP contribution in [0.3, 0.4) is 0 Å². The van der Waals surface area contributed by atoms with Gasteiger partial charge in [0.2, 0.25) is 5.91 Å². The first-order valence-electron chi connectivity index (χ1n) is 8.12. The average Bonchev–Trinajstić information content (AvgIpc) is 2.53. The van der Waals surface area contributed by atoms with Crippen LogP contribution in [0.25, 0.3) is 0 Å². The zero-order chi connectivity index (χ0) is 15.2. The molecule has 0 radical (unpaired) electrons. The molecule has 0 saturated carbocycles. The molecule has 1 fully saturated rings. The molecule has 3 nitrogen and oxygen atoms in total. The largest absolute Gasteiger partial charge is 0.343 e. The molecule has 116 valence electrons. The molecular weight excluding hydrogens is 260 g/mol. The maximum absolute atomic E-state index is 12.3. The standard InChI is InChI=1S/C18H28N2O/c1-4-15-5-7-16(8-6-15)9-10-18(21)20(3)17-11-13-19(2)14-12-17/h5-8,17H,4,9-14H2,1-3H3. The fraction of sp³-hybridized carbons (Fsp3) is 0.611. The average molecular weight is 288 g/mol. The molecule has 1 saturated heterocycles. The smallest absolute Gasteiger partial charge is 0.222 e. The highest BCUT2D eigenvalue weighted by Gasteiger charge is 2.23. The summed E-state index contributed by atoms with van der Waals surface area (Å²) in [7, 11) is 4.12. The third kappa shape index (κ3) is 4.57. The summed E-state index contributed by atoms with van der Waals surface area (Å²) in [6.45, 7) is 4.36. The SMILES string of the molecule is CCc1ccc(CCC(=O)N(C)C2CCN(C)CC2)cc1. The van der Waals surface area contributed by atoms with Crippen LogP contribution in [0.15, 0.2) is 24.3 Å². The third-order valence-corrected chi connectivity index (χ3v) is 4.69. The van der Waals surface area contributed by atoms with Crippen LogP contribution in [0.4, 0.5) is 0 Å². The lowest BCUT2D eigenvalue weighted by Gasteiger charge is -2.35. The predicted molar refractivity (Wildman–Crippen MR) is 87.4 cm³/mol. The minimum absolute atomic E-state index is 0.282. The maximum Gasteiger partial charge on any atom is 0.222 e. The Morgan fingerprint density at radius 3 is 2.33 bits per heavy atom. The summed E-state index contributed by atoms with van der Waals surface area (Å²) in [6, 6.07) is 9.07. The van der Waals surface area contributed by atoms with Gasteiger partial charge in [0.15, 0.2) is 0 Å². The number of carbonyl (C=O) groups excluding carboxylic acids is 1. The van der Waals surface area contributed by atoms with E-state index in [1.807, 2.05) is 11.9 Å². The number of hydrogen-bond donors (Lipinski definition) is 0. The quantitative estimate of drug-likeness (QED) is 0.832. The number of carbonyl (C=O) groups is 1. The normalized spacial score (nSPS) is 16.9. The van der Waals surface area contributed by atoms with Gasteiger partial charge in [0.05, 0.1) is 0 Å². The van der Waals surface area contributed by atoms with E-state index in [2.05, 4.69) is 43.1 Å². The molecule has 0 spiro atoms. The first-order chi connectivity index (χ1) is 10.1. The van der Waals surface area contributed by atoms with Crippen LogP contribution >= 0.6 is 0 Å². The van der Waals surface area contributed by atoms with Gasteiger partial charge in [-0.25, -0.2) is 0 Å². The second kappa shape index (κ2) is 7.60. The van der Waals surface area contributed by atoms with Crippen LogP contribution in [0.1, 0.15) is 37.3 Å². The van der Waals surface area contributed by atoms with Crippen LogP contribution < -0.4 is 0 Å². The van der Waals surface area contributed by atoms with Crippen molar-refractivity contribution in [2.24, 2.45) is 0 Å². The molecule has 1 aliphatic heterocycles. The second-order valence-corrected chi connectivity index (χ2v) is 6.21. The number of aryl methyl sites for hydroxylation is 2. The minimum Gasteiger partial charge on any atom is -0.343 e. The van der Waals surface area contributed by atoms with Gasteiger partial charge in [0.25, 0.3) is 0 Å². The molecule has 1 aliphatic rings. The van der Waals surface area contributed by atoms with Crippen molar-refractivity contribution in [2.75, 3.05) is 27.2 Å². The van der Waals surface area contributed by atoms with Crippen molar-refractivity contribution in [3.8, 4) is 0 Å². The molecule has 0 bridgehead atoms. The minimum atomic E-state index is 0.282. The van der Waals surface area contributed by atoms with Gasteiger partial charge < -0.3 is 9.80 Å². The molecule has 0 aromatic heterocycles. The summed E-state index contributed by atoms with van der Waals surface area (Å²) in [4.78, 5) is 16.6. The number of rotatable bonds is 5. The molecule has 2 rings (SSSR count). The first-order valence-corrected chi connectivity index (χ1v) is 8.12. The van der Waals surface area contributed by atoms with E-state index in [0.717, 1.165) is 38.8 Å². The fourth-order valence-electron chi connectivity index (χ4n) is 2.96. The molecule has 21 heavy (non-hydrogen) atoms. The molecule has 0 atom stereocenters. The Labute approximate surface area is 128 Å². The zero-order valence-corrected chi connectivity index (χ0v) is 13.6. The van der Waals surface area contributed by atoms with Crippen molar-refractivity contribution < 1.29 is 4.79 Å². The van der Waals surface area contributed by atoms with Crippen molar-refractivity contribution in [1.29, 1.82) is 0 Å². The Hall–Kier alpha value is -1.35. The predicted octanol–water partition coefficient (Wildman–Crippen LogP) is 2.73. The molecule has 1 aromatic carbocycles. The van der Waals surface area contributed by atoms with Gasteiger partial charge in [0, 0.05) is 19.5 Å². The molecule has 3 heteroatoms. The lowest BCUT2D eigenvalue weighted by molar-refractivity contribution is -0.132. The number of piperidine rings is 1. The molecule has 1 amide bonds. The van der Waals surface area contributed by atoms with Gasteiger partial charge in [-0.1, -0.05) is 31.2 Å². The summed E-state index contributed by atoms with van der Waals surface area (Å²) in [6.07, 6.45) is 4.74. The maximum atomic E-state index is 12.3. The number of amides is 1. The van der Waals surface area contributed by atoms with Crippen molar-refractivity contribution in [3.63, 3.8) is 0 Å². The van der Waals surface area contributed by atoms with E-state index in [1.165, 1.54) is 11.1 Å². The van der Waals surface area contributed by atoms with E-state index in [-0.39, 0.29) is 5.91 Å². The van der Waals surface area contributed by atoms with Crippen molar-refractivity contribution in [1.82, 2.24) is 9.80 Å². The highest BCUT2D eigenvalue weighted by Crippen LogP contribution is 2.16. The van der Waals surface area contributed by atoms with Gasteiger partial charge in [-0.15, -0.1) is 0 Å². The topological polar surface area (TPSA) is 23.6 Å². The third-order valence-electron chi connectivity index (χ3n) is 4.69. The van der Waals surface area contributed by atoms with Gasteiger partial charge in [-0.2, -0.15) is 0 Å². The van der Waals surface area contributed by atoms with E-state index in [9.17, 15) is 4.79 Å². The molecule has 0 unspecified atom stereocenters. The second-order valence-electron chi connectivity index (χ2n) is 6.21. The zero-order valence-electron chi connectivity index (χ0n) is 13.6. The number of nitrogens with zero attached hydrogens (tertiary/aromatic N) is 2. The lowest BCUT2D eigenvalue weighted by Crippen LogP contribution is -2.44. The van der Waals surface area contributed by atoms with E-state index < -0.39 is 0 Å². The monoisotopic (exact) mass is 288 g/mol. The number of likely N-dealkylation sites (tertiary alicyclic amines) is 1. The van der Waals surface area contributed by atoms with Gasteiger partial charge in [0.1, 0.15) is 0 Å². The molecule has 1 aromatic rings. The molecule has 0 N–H and O–H groups in total. The van der Waals surface area contributed by atoms with Crippen LogP contribution in [-0.2, 0) is 17.6 Å². The fourth-order valence-corrected chi connectivity index (χ4v) is 2.96. The van der Waals surface area contributed by atoms with Crippen molar-refractivity contribution in [3.05, 3.63) is 35.4 Å². The highest BCUT2D eigenvalue weighted by molar-refractivity contribution is 5.76. The highest BCUT2D eigenvalue weighted by atomic mass is 16.2. The van der Waals surface area contributed by atoms with E-state index in [4.69, 9.17) is 0 Å². The van der Waals surface area contributed by atoms with Crippen LogP contribution in [0, 0.1) is 0 Å². The summed E-state index contributed by atoms with van der Waals surface area (Å²) < 4.78 is 0. The van der Waals surface area contributed by atoms with Gasteiger partial charge in [-0.05, 0) is 56.9 Å². The Kier molecular flexibility index (Phi) is 5.80. The molecular formula is C18H28N2O. The Bertz CT molecular complexity index is 447. The van der Waals surface area contributed by atoms with Crippen molar-refractivity contribution >= 4 is 5.91 Å². The summed E-state index contributed by atoms with van der Waals surface area (Å²) in [5.41, 5.74) is 2.62. The summed E-state index contributed by atoms with van der Waals surface area (Å²) in [5, 5.41) is 0. The van der Waals surface area contributed by atoms with Gasteiger partial charge >= 0.3 is 0 Å². The Morgan fingerprint density at radius 2 is 1.76 bits per heavy atom. The van der Waals surface area contributed by atoms with E-state index in [0.29, 0.717) is 12.5 Å².